The summed E-state index contributed by atoms with van der Waals surface area (Å²) in [5, 5.41) is 0. The average Bonchev–Trinajstić information content (AvgIpc) is 2.81. The fourth-order valence-corrected chi connectivity index (χ4v) is 1.71. The second-order valence-corrected chi connectivity index (χ2v) is 3.77. The van der Waals surface area contributed by atoms with E-state index < -0.39 is 5.97 Å². The molecule has 0 saturated heterocycles. The van der Waals surface area contributed by atoms with Crippen molar-refractivity contribution in [1.82, 2.24) is 9.97 Å². The number of H-pyrrole nitrogens is 1. The maximum Gasteiger partial charge on any atom is 0.358 e. The summed E-state index contributed by atoms with van der Waals surface area (Å²) in [5.41, 5.74) is 6.60. The fraction of sp³-hybridized carbons (Fsp3) is 0.231. The minimum atomic E-state index is -0.520. The molecule has 0 bridgehead atoms. The number of carbonyl (C=O) groups is 1. The first kappa shape index (κ1) is 12.9. The van der Waals surface area contributed by atoms with Crippen molar-refractivity contribution in [2.75, 3.05) is 19.5 Å². The summed E-state index contributed by atoms with van der Waals surface area (Å²) in [4.78, 5) is 18.7. The van der Waals surface area contributed by atoms with Gasteiger partial charge in [0.25, 0.3) is 0 Å². The van der Waals surface area contributed by atoms with Crippen molar-refractivity contribution in [2.24, 2.45) is 0 Å². The van der Waals surface area contributed by atoms with Gasteiger partial charge in [0, 0.05) is 0 Å². The number of ether oxygens (including phenoxy) is 2. The standard InChI is InChI=1S/C13H15N3O3/c1-3-19-13(17)10-11(14)16-12(15-10)8-6-4-5-7-9(8)18-2/h4-7H,3,14H2,1-2H3,(H,15,16). The Morgan fingerprint density at radius 2 is 2.16 bits per heavy atom. The molecule has 0 aliphatic rings. The summed E-state index contributed by atoms with van der Waals surface area (Å²) in [6, 6.07) is 7.33. The largest absolute Gasteiger partial charge is 0.496 e. The lowest BCUT2D eigenvalue weighted by Gasteiger charge is -2.04. The number of nitrogen functional groups attached to an aromatic ring is 1. The Labute approximate surface area is 110 Å². The van der Waals surface area contributed by atoms with Gasteiger partial charge in [-0.05, 0) is 19.1 Å². The third kappa shape index (κ3) is 2.52. The number of imidazole rings is 1. The summed E-state index contributed by atoms with van der Waals surface area (Å²) in [5.74, 6) is 0.706. The lowest BCUT2D eigenvalue weighted by Crippen LogP contribution is -2.07. The number of para-hydroxylation sites is 1. The molecule has 1 heterocycles. The number of anilines is 1. The normalized spacial score (nSPS) is 10.2. The van der Waals surface area contributed by atoms with Crippen LogP contribution in [0.3, 0.4) is 0 Å². The van der Waals surface area contributed by atoms with Crippen molar-refractivity contribution in [3.05, 3.63) is 30.0 Å². The van der Waals surface area contributed by atoms with Gasteiger partial charge in [0.2, 0.25) is 0 Å². The number of aromatic amines is 1. The zero-order valence-corrected chi connectivity index (χ0v) is 10.8. The van der Waals surface area contributed by atoms with Crippen molar-refractivity contribution in [3.63, 3.8) is 0 Å². The minimum Gasteiger partial charge on any atom is -0.496 e. The number of benzene rings is 1. The number of carbonyl (C=O) groups excluding carboxylic acids is 1. The van der Waals surface area contributed by atoms with Crippen LogP contribution in [0.5, 0.6) is 5.75 Å². The number of esters is 1. The maximum absolute atomic E-state index is 11.7. The van der Waals surface area contributed by atoms with Crippen LogP contribution in [-0.2, 0) is 4.74 Å². The Morgan fingerprint density at radius 3 is 2.84 bits per heavy atom. The van der Waals surface area contributed by atoms with Gasteiger partial charge in [0.05, 0.1) is 19.3 Å². The highest BCUT2D eigenvalue weighted by Gasteiger charge is 2.18. The summed E-state index contributed by atoms with van der Waals surface area (Å²) < 4.78 is 10.1. The highest BCUT2D eigenvalue weighted by molar-refractivity contribution is 5.93. The van der Waals surface area contributed by atoms with Gasteiger partial charge in [0.1, 0.15) is 11.6 Å². The molecule has 0 amide bonds. The molecule has 0 aliphatic carbocycles. The molecule has 2 rings (SSSR count). The third-order valence-electron chi connectivity index (χ3n) is 2.57. The molecule has 2 aromatic rings. The van der Waals surface area contributed by atoms with Gasteiger partial charge in [0.15, 0.2) is 11.5 Å². The first-order chi connectivity index (χ1) is 9.17. The van der Waals surface area contributed by atoms with E-state index in [0.29, 0.717) is 11.6 Å². The molecular weight excluding hydrogens is 246 g/mol. The molecule has 19 heavy (non-hydrogen) atoms. The van der Waals surface area contributed by atoms with Gasteiger partial charge in [-0.1, -0.05) is 12.1 Å². The summed E-state index contributed by atoms with van der Waals surface area (Å²) in [6.07, 6.45) is 0. The minimum absolute atomic E-state index is 0.111. The Morgan fingerprint density at radius 1 is 1.42 bits per heavy atom. The Hall–Kier alpha value is -2.50. The first-order valence-electron chi connectivity index (χ1n) is 5.83. The molecule has 0 atom stereocenters. The molecule has 1 aromatic heterocycles. The second kappa shape index (κ2) is 5.43. The Kier molecular flexibility index (Phi) is 3.70. The van der Waals surface area contributed by atoms with Gasteiger partial charge in [-0.25, -0.2) is 9.78 Å². The van der Waals surface area contributed by atoms with Crippen molar-refractivity contribution in [3.8, 4) is 17.1 Å². The van der Waals surface area contributed by atoms with Crippen molar-refractivity contribution in [1.29, 1.82) is 0 Å². The van der Waals surface area contributed by atoms with Crippen LogP contribution < -0.4 is 10.5 Å². The van der Waals surface area contributed by atoms with Gasteiger partial charge in [-0.15, -0.1) is 0 Å². The van der Waals surface area contributed by atoms with E-state index in [-0.39, 0.29) is 18.1 Å². The van der Waals surface area contributed by atoms with E-state index in [4.69, 9.17) is 15.2 Å². The predicted molar refractivity (Wildman–Crippen MR) is 70.9 cm³/mol. The summed E-state index contributed by atoms with van der Waals surface area (Å²) in [7, 11) is 1.57. The van der Waals surface area contributed by atoms with E-state index >= 15 is 0 Å². The van der Waals surface area contributed by atoms with Crippen LogP contribution in [0.15, 0.2) is 24.3 Å². The molecule has 6 nitrogen and oxygen atoms in total. The molecule has 1 aromatic carbocycles. The van der Waals surface area contributed by atoms with Gasteiger partial charge >= 0.3 is 5.97 Å². The SMILES string of the molecule is CCOC(=O)c1[nH]c(-c2ccccc2OC)nc1N. The molecule has 6 heteroatoms. The van der Waals surface area contributed by atoms with Crippen LogP contribution in [0, 0.1) is 0 Å². The van der Waals surface area contributed by atoms with Crippen LogP contribution >= 0.6 is 0 Å². The highest BCUT2D eigenvalue weighted by Crippen LogP contribution is 2.28. The van der Waals surface area contributed by atoms with Crippen LogP contribution in [0.2, 0.25) is 0 Å². The average molecular weight is 261 g/mol. The van der Waals surface area contributed by atoms with E-state index in [9.17, 15) is 4.79 Å². The van der Waals surface area contributed by atoms with E-state index in [1.807, 2.05) is 18.2 Å². The maximum atomic E-state index is 11.7. The zero-order valence-electron chi connectivity index (χ0n) is 10.8. The lowest BCUT2D eigenvalue weighted by molar-refractivity contribution is 0.0521. The molecular formula is C13H15N3O3. The van der Waals surface area contributed by atoms with Crippen molar-refractivity contribution >= 4 is 11.8 Å². The number of nitrogens with zero attached hydrogens (tertiary/aromatic N) is 1. The smallest absolute Gasteiger partial charge is 0.358 e. The Balaban J connectivity index is 2.42. The van der Waals surface area contributed by atoms with E-state index in [1.54, 1.807) is 20.1 Å². The van der Waals surface area contributed by atoms with Crippen molar-refractivity contribution in [2.45, 2.75) is 6.92 Å². The third-order valence-corrected chi connectivity index (χ3v) is 2.57. The quantitative estimate of drug-likeness (QED) is 0.819. The van der Waals surface area contributed by atoms with Crippen LogP contribution in [0.25, 0.3) is 11.4 Å². The number of nitrogens with two attached hydrogens (primary N) is 1. The number of nitrogens with one attached hydrogen (secondary N) is 1. The van der Waals surface area contributed by atoms with E-state index in [2.05, 4.69) is 9.97 Å². The highest BCUT2D eigenvalue weighted by atomic mass is 16.5. The summed E-state index contributed by atoms with van der Waals surface area (Å²) >= 11 is 0. The number of hydrogen-bond donors (Lipinski definition) is 2. The van der Waals surface area contributed by atoms with Gasteiger partial charge in [-0.2, -0.15) is 0 Å². The van der Waals surface area contributed by atoms with Crippen molar-refractivity contribution < 1.29 is 14.3 Å². The monoisotopic (exact) mass is 261 g/mol. The molecule has 0 fully saturated rings. The van der Waals surface area contributed by atoms with Crippen LogP contribution in [-0.4, -0.2) is 29.7 Å². The number of rotatable bonds is 4. The second-order valence-electron chi connectivity index (χ2n) is 3.77. The fourth-order valence-electron chi connectivity index (χ4n) is 1.71. The number of hydrogen-bond acceptors (Lipinski definition) is 5. The Bertz CT molecular complexity index is 593. The number of methoxy groups -OCH3 is 1. The molecule has 100 valence electrons. The summed E-state index contributed by atoms with van der Waals surface area (Å²) in [6.45, 7) is 2.01. The van der Waals surface area contributed by atoms with Crippen LogP contribution in [0.1, 0.15) is 17.4 Å². The molecule has 0 unspecified atom stereocenters. The van der Waals surface area contributed by atoms with Gasteiger partial charge < -0.3 is 20.2 Å². The number of aromatic nitrogens is 2. The zero-order chi connectivity index (χ0) is 13.8. The van der Waals surface area contributed by atoms with Crippen LogP contribution in [0.4, 0.5) is 5.82 Å². The topological polar surface area (TPSA) is 90.2 Å². The lowest BCUT2D eigenvalue weighted by atomic mass is 10.2. The molecule has 0 spiro atoms. The first-order valence-corrected chi connectivity index (χ1v) is 5.83. The van der Waals surface area contributed by atoms with Gasteiger partial charge in [-0.3, -0.25) is 0 Å². The molecule has 0 saturated carbocycles. The predicted octanol–water partition coefficient (Wildman–Crippen LogP) is 1.84. The molecule has 0 aliphatic heterocycles. The molecule has 3 N–H and O–H groups in total. The molecule has 0 radical (unpaired) electrons. The van der Waals surface area contributed by atoms with E-state index in [1.165, 1.54) is 0 Å². The van der Waals surface area contributed by atoms with E-state index in [0.717, 1.165) is 5.56 Å².